The van der Waals surface area contributed by atoms with Crippen molar-refractivity contribution >= 4 is 28.0 Å². The second kappa shape index (κ2) is 4.97. The van der Waals surface area contributed by atoms with E-state index < -0.39 is 17.5 Å². The van der Waals surface area contributed by atoms with Crippen LogP contribution in [0.15, 0.2) is 42.6 Å². The van der Waals surface area contributed by atoms with Gasteiger partial charge in [-0.3, -0.25) is 0 Å². The molecule has 0 unspecified atom stereocenters. The number of rotatable bonds is 2. The van der Waals surface area contributed by atoms with Crippen LogP contribution in [0.5, 0.6) is 0 Å². The van der Waals surface area contributed by atoms with Crippen LogP contribution >= 0.6 is 0 Å². The minimum absolute atomic E-state index is 0.0985. The molecule has 6 heteroatoms. The third-order valence-corrected chi connectivity index (χ3v) is 3.09. The van der Waals surface area contributed by atoms with Gasteiger partial charge in [0.05, 0.1) is 11.1 Å². The van der Waals surface area contributed by atoms with E-state index in [2.05, 4.69) is 10.3 Å². The van der Waals surface area contributed by atoms with E-state index >= 15 is 0 Å². The molecule has 0 aliphatic heterocycles. The van der Waals surface area contributed by atoms with Crippen LogP contribution in [0, 0.1) is 17.5 Å². The second-order valence-corrected chi connectivity index (χ2v) is 4.47. The molecule has 3 nitrogen and oxygen atoms in total. The van der Waals surface area contributed by atoms with Crippen molar-refractivity contribution in [3.63, 3.8) is 0 Å². The van der Waals surface area contributed by atoms with Gasteiger partial charge in [0, 0.05) is 23.3 Å². The highest BCUT2D eigenvalue weighted by Gasteiger charge is 2.12. The Balaban J connectivity index is 2.17. The van der Waals surface area contributed by atoms with Gasteiger partial charge in [0.25, 0.3) is 0 Å². The van der Waals surface area contributed by atoms with Crippen LogP contribution in [0.4, 0.5) is 30.4 Å². The Labute approximate surface area is 118 Å². The van der Waals surface area contributed by atoms with E-state index in [0.717, 1.165) is 18.2 Å². The molecule has 0 atom stereocenters. The van der Waals surface area contributed by atoms with Crippen molar-refractivity contribution in [3.8, 4) is 0 Å². The predicted molar refractivity (Wildman–Crippen MR) is 75.8 cm³/mol. The lowest BCUT2D eigenvalue weighted by Crippen LogP contribution is -2.00. The lowest BCUT2D eigenvalue weighted by Gasteiger charge is -2.11. The first-order chi connectivity index (χ1) is 10.1. The minimum Gasteiger partial charge on any atom is -0.398 e. The molecule has 21 heavy (non-hydrogen) atoms. The molecule has 0 saturated heterocycles. The summed E-state index contributed by atoms with van der Waals surface area (Å²) in [4.78, 5) is 4.03. The third kappa shape index (κ3) is 2.35. The number of aromatic nitrogens is 1. The zero-order valence-electron chi connectivity index (χ0n) is 10.7. The molecule has 106 valence electrons. The zero-order chi connectivity index (χ0) is 15.0. The Hall–Kier alpha value is -2.76. The van der Waals surface area contributed by atoms with Crippen LogP contribution in [0.2, 0.25) is 0 Å². The summed E-state index contributed by atoms with van der Waals surface area (Å²) in [6, 6.07) is 7.09. The van der Waals surface area contributed by atoms with Gasteiger partial charge in [0.1, 0.15) is 23.3 Å². The van der Waals surface area contributed by atoms with Crippen LogP contribution in [0.25, 0.3) is 10.8 Å². The smallest absolute Gasteiger partial charge is 0.146 e. The fraction of sp³-hybridized carbons (Fsp3) is 0. The molecule has 0 spiro atoms. The average Bonchev–Trinajstić information content (AvgIpc) is 2.47. The summed E-state index contributed by atoms with van der Waals surface area (Å²) in [5.41, 5.74) is 6.03. The largest absolute Gasteiger partial charge is 0.398 e. The Bertz CT molecular complexity index is 834. The van der Waals surface area contributed by atoms with Crippen molar-refractivity contribution in [1.82, 2.24) is 4.98 Å². The number of nitrogens with zero attached hydrogens (tertiary/aromatic N) is 1. The highest BCUT2D eigenvalue weighted by Crippen LogP contribution is 2.31. The molecule has 0 aliphatic carbocycles. The van der Waals surface area contributed by atoms with Crippen LogP contribution in [0.3, 0.4) is 0 Å². The van der Waals surface area contributed by atoms with Gasteiger partial charge in [-0.1, -0.05) is 0 Å². The number of halogens is 3. The standard InChI is InChI=1S/C15H10F3N3/c16-8-1-2-11(18)13(7-8)21-15-14-9(5-6-20-15)10(17)3-4-12(14)19/h1-7H,19H2,(H,20,21). The van der Waals surface area contributed by atoms with Gasteiger partial charge in [-0.05, 0) is 30.3 Å². The zero-order valence-corrected chi connectivity index (χ0v) is 10.7. The number of fused-ring (bicyclic) bond motifs is 1. The molecule has 0 aliphatic rings. The van der Waals surface area contributed by atoms with Crippen molar-refractivity contribution in [2.45, 2.75) is 0 Å². The van der Waals surface area contributed by atoms with E-state index in [0.29, 0.717) is 11.1 Å². The highest BCUT2D eigenvalue weighted by molar-refractivity contribution is 6.01. The second-order valence-electron chi connectivity index (χ2n) is 4.47. The molecule has 0 fully saturated rings. The SMILES string of the molecule is Nc1ccc(F)c2ccnc(Nc3cc(F)ccc3F)c12. The Morgan fingerprint density at radius 1 is 0.952 bits per heavy atom. The van der Waals surface area contributed by atoms with Gasteiger partial charge in [-0.15, -0.1) is 0 Å². The van der Waals surface area contributed by atoms with Crippen molar-refractivity contribution < 1.29 is 13.2 Å². The number of nitrogen functional groups attached to an aromatic ring is 1. The summed E-state index contributed by atoms with van der Waals surface area (Å²) in [7, 11) is 0. The van der Waals surface area contributed by atoms with Gasteiger partial charge >= 0.3 is 0 Å². The molecular weight excluding hydrogens is 279 g/mol. The Morgan fingerprint density at radius 2 is 1.71 bits per heavy atom. The average molecular weight is 289 g/mol. The first-order valence-electron chi connectivity index (χ1n) is 6.11. The van der Waals surface area contributed by atoms with Crippen LogP contribution < -0.4 is 11.1 Å². The molecule has 1 heterocycles. The number of anilines is 3. The molecule has 2 aromatic carbocycles. The lowest BCUT2D eigenvalue weighted by molar-refractivity contribution is 0.603. The number of nitrogens with two attached hydrogens (primary N) is 1. The number of nitrogens with one attached hydrogen (secondary N) is 1. The fourth-order valence-corrected chi connectivity index (χ4v) is 2.10. The molecule has 1 aromatic heterocycles. The predicted octanol–water partition coefficient (Wildman–Crippen LogP) is 3.98. The quantitative estimate of drug-likeness (QED) is 0.702. The maximum Gasteiger partial charge on any atom is 0.146 e. The van der Waals surface area contributed by atoms with Crippen molar-refractivity contribution in [2.75, 3.05) is 11.1 Å². The summed E-state index contributed by atoms with van der Waals surface area (Å²) < 4.78 is 40.7. The Morgan fingerprint density at radius 3 is 2.52 bits per heavy atom. The lowest BCUT2D eigenvalue weighted by atomic mass is 10.1. The summed E-state index contributed by atoms with van der Waals surface area (Å²) in [6.07, 6.45) is 1.37. The Kier molecular flexibility index (Phi) is 3.13. The van der Waals surface area contributed by atoms with Gasteiger partial charge in [0.2, 0.25) is 0 Å². The topological polar surface area (TPSA) is 50.9 Å². The number of hydrogen-bond donors (Lipinski definition) is 2. The maximum absolute atomic E-state index is 13.8. The summed E-state index contributed by atoms with van der Waals surface area (Å²) in [6.45, 7) is 0. The molecule has 0 bridgehead atoms. The molecule has 3 N–H and O–H groups in total. The molecule has 0 saturated carbocycles. The van der Waals surface area contributed by atoms with E-state index in [9.17, 15) is 13.2 Å². The third-order valence-electron chi connectivity index (χ3n) is 3.09. The van der Waals surface area contributed by atoms with Crippen LogP contribution in [0.1, 0.15) is 0 Å². The number of hydrogen-bond acceptors (Lipinski definition) is 3. The summed E-state index contributed by atoms with van der Waals surface area (Å²) >= 11 is 0. The molecule has 0 amide bonds. The van der Waals surface area contributed by atoms with Crippen LogP contribution in [-0.2, 0) is 0 Å². The van der Waals surface area contributed by atoms with E-state index in [1.165, 1.54) is 24.4 Å². The van der Waals surface area contributed by atoms with Gasteiger partial charge in [0.15, 0.2) is 0 Å². The van der Waals surface area contributed by atoms with Gasteiger partial charge in [-0.2, -0.15) is 0 Å². The van der Waals surface area contributed by atoms with Crippen LogP contribution in [-0.4, -0.2) is 4.98 Å². The number of pyridine rings is 1. The van der Waals surface area contributed by atoms with Crippen molar-refractivity contribution in [1.29, 1.82) is 0 Å². The highest BCUT2D eigenvalue weighted by atomic mass is 19.1. The monoisotopic (exact) mass is 289 g/mol. The normalized spacial score (nSPS) is 10.8. The first kappa shape index (κ1) is 13.2. The van der Waals surface area contributed by atoms with Crippen molar-refractivity contribution in [3.05, 3.63) is 60.0 Å². The van der Waals surface area contributed by atoms with Gasteiger partial charge in [-0.25, -0.2) is 18.2 Å². The maximum atomic E-state index is 13.8. The fourth-order valence-electron chi connectivity index (χ4n) is 2.10. The summed E-state index contributed by atoms with van der Waals surface area (Å²) in [5.74, 6) is -1.55. The molecule has 3 aromatic rings. The van der Waals surface area contributed by atoms with Gasteiger partial charge < -0.3 is 11.1 Å². The van der Waals surface area contributed by atoms with E-state index in [4.69, 9.17) is 5.73 Å². The van der Waals surface area contributed by atoms with E-state index in [-0.39, 0.29) is 16.9 Å². The molecular formula is C15H10F3N3. The van der Waals surface area contributed by atoms with E-state index in [1.807, 2.05) is 0 Å². The van der Waals surface area contributed by atoms with E-state index in [1.54, 1.807) is 0 Å². The summed E-state index contributed by atoms with van der Waals surface area (Å²) in [5, 5.41) is 3.23. The molecule has 0 radical (unpaired) electrons. The minimum atomic E-state index is -0.648. The molecule has 3 rings (SSSR count). The number of benzene rings is 2. The van der Waals surface area contributed by atoms with Crippen molar-refractivity contribution in [2.24, 2.45) is 0 Å². The first-order valence-corrected chi connectivity index (χ1v) is 6.11.